The van der Waals surface area contributed by atoms with Crippen LogP contribution in [0.4, 0.5) is 0 Å². The molecule has 0 aliphatic rings. The number of hydrogen-bond donors (Lipinski definition) is 0. The minimum atomic E-state index is 0.147. The molecule has 0 spiro atoms. The van der Waals surface area contributed by atoms with E-state index in [1.54, 1.807) is 6.26 Å². The van der Waals surface area contributed by atoms with Crippen LogP contribution in [-0.4, -0.2) is 22.3 Å². The monoisotopic (exact) mass is 283 g/mol. The highest BCUT2D eigenvalue weighted by Crippen LogP contribution is 2.22. The molecule has 3 aromatic rings. The molecule has 0 amide bonds. The predicted octanol–water partition coefficient (Wildman–Crippen LogP) is 3.52. The van der Waals surface area contributed by atoms with E-state index < -0.39 is 0 Å². The fourth-order valence-electron chi connectivity index (χ4n) is 2.18. The Bertz CT molecular complexity index is 677. The molecule has 0 unspecified atom stereocenters. The smallest absolute Gasteiger partial charge is 0.151 e. The first-order valence-electron chi connectivity index (χ1n) is 6.85. The molecule has 2 aromatic heterocycles. The van der Waals surface area contributed by atoms with Crippen LogP contribution in [-0.2, 0) is 6.54 Å². The molecule has 0 aliphatic carbocycles. The standard InChI is InChI=1S/C16H17N3O2/c1-12(15-8-9-20-17-15)19(2)11-14-10-16(18-21-14)13-6-4-3-5-7-13/h3-10,12H,11H2,1-2H3/t12-/m0/s1. The lowest BCUT2D eigenvalue weighted by molar-refractivity contribution is 0.213. The molecular weight excluding hydrogens is 266 g/mol. The topological polar surface area (TPSA) is 55.3 Å². The van der Waals surface area contributed by atoms with Crippen molar-refractivity contribution in [1.29, 1.82) is 0 Å². The molecule has 5 heteroatoms. The Morgan fingerprint density at radius 2 is 1.95 bits per heavy atom. The summed E-state index contributed by atoms with van der Waals surface area (Å²) in [5, 5.41) is 8.09. The summed E-state index contributed by atoms with van der Waals surface area (Å²) in [7, 11) is 2.02. The van der Waals surface area contributed by atoms with Gasteiger partial charge in [0.25, 0.3) is 0 Å². The number of benzene rings is 1. The van der Waals surface area contributed by atoms with E-state index in [9.17, 15) is 0 Å². The van der Waals surface area contributed by atoms with Crippen LogP contribution in [0, 0.1) is 0 Å². The first kappa shape index (κ1) is 13.6. The maximum atomic E-state index is 5.42. The minimum absolute atomic E-state index is 0.147. The predicted molar refractivity (Wildman–Crippen MR) is 78.3 cm³/mol. The van der Waals surface area contributed by atoms with Crippen molar-refractivity contribution in [2.45, 2.75) is 19.5 Å². The summed E-state index contributed by atoms with van der Waals surface area (Å²) in [5.74, 6) is 0.826. The Hall–Kier alpha value is -2.40. The molecule has 0 saturated carbocycles. The van der Waals surface area contributed by atoms with Gasteiger partial charge in [-0.15, -0.1) is 0 Å². The minimum Gasteiger partial charge on any atom is -0.364 e. The van der Waals surface area contributed by atoms with Crippen LogP contribution in [0.1, 0.15) is 24.4 Å². The van der Waals surface area contributed by atoms with Crippen LogP contribution in [0.25, 0.3) is 11.3 Å². The van der Waals surface area contributed by atoms with Crippen LogP contribution in [0.3, 0.4) is 0 Å². The van der Waals surface area contributed by atoms with Crippen molar-refractivity contribution in [2.75, 3.05) is 7.05 Å². The van der Waals surface area contributed by atoms with Gasteiger partial charge in [-0.1, -0.05) is 40.6 Å². The number of hydrogen-bond acceptors (Lipinski definition) is 5. The van der Waals surface area contributed by atoms with Gasteiger partial charge in [0.1, 0.15) is 17.7 Å². The van der Waals surface area contributed by atoms with Crippen molar-refractivity contribution in [2.24, 2.45) is 0 Å². The zero-order chi connectivity index (χ0) is 14.7. The van der Waals surface area contributed by atoms with Gasteiger partial charge < -0.3 is 9.05 Å². The summed E-state index contributed by atoms with van der Waals surface area (Å²) in [6.07, 6.45) is 1.58. The summed E-state index contributed by atoms with van der Waals surface area (Å²) in [6, 6.07) is 14.0. The second kappa shape index (κ2) is 5.93. The Balaban J connectivity index is 1.70. The molecule has 5 nitrogen and oxygen atoms in total. The summed E-state index contributed by atoms with van der Waals surface area (Å²) in [4.78, 5) is 2.13. The highest BCUT2D eigenvalue weighted by Gasteiger charge is 2.16. The van der Waals surface area contributed by atoms with E-state index in [1.165, 1.54) is 0 Å². The number of nitrogens with zero attached hydrogens (tertiary/aromatic N) is 3. The fraction of sp³-hybridized carbons (Fsp3) is 0.250. The van der Waals surface area contributed by atoms with Gasteiger partial charge in [-0.05, 0) is 14.0 Å². The molecule has 0 saturated heterocycles. The summed E-state index contributed by atoms with van der Waals surface area (Å²) >= 11 is 0. The number of aromatic nitrogens is 2. The van der Waals surface area contributed by atoms with Crippen LogP contribution in [0.2, 0.25) is 0 Å². The van der Waals surface area contributed by atoms with E-state index in [4.69, 9.17) is 9.05 Å². The van der Waals surface area contributed by atoms with Gasteiger partial charge in [-0.2, -0.15) is 0 Å². The zero-order valence-corrected chi connectivity index (χ0v) is 12.1. The lowest BCUT2D eigenvalue weighted by Gasteiger charge is -2.20. The maximum Gasteiger partial charge on any atom is 0.151 e. The highest BCUT2D eigenvalue weighted by molar-refractivity contribution is 5.58. The molecule has 0 N–H and O–H groups in total. The molecule has 1 aromatic carbocycles. The van der Waals surface area contributed by atoms with Crippen molar-refractivity contribution < 1.29 is 9.05 Å². The van der Waals surface area contributed by atoms with Crippen molar-refractivity contribution in [3.05, 3.63) is 60.2 Å². The molecule has 108 valence electrons. The van der Waals surface area contributed by atoms with Crippen molar-refractivity contribution in [1.82, 2.24) is 15.2 Å². The summed E-state index contributed by atoms with van der Waals surface area (Å²) < 4.78 is 10.3. The highest BCUT2D eigenvalue weighted by atomic mass is 16.5. The largest absolute Gasteiger partial charge is 0.364 e. The van der Waals surface area contributed by atoms with E-state index >= 15 is 0 Å². The maximum absolute atomic E-state index is 5.42. The first-order valence-corrected chi connectivity index (χ1v) is 6.85. The average Bonchev–Trinajstić information content (AvgIpc) is 3.19. The molecule has 1 atom stereocenters. The lowest BCUT2D eigenvalue weighted by atomic mass is 10.1. The Labute approximate surface area is 123 Å². The Morgan fingerprint density at radius 3 is 2.67 bits per heavy atom. The van der Waals surface area contributed by atoms with Gasteiger partial charge in [0, 0.05) is 17.7 Å². The summed E-state index contributed by atoms with van der Waals surface area (Å²) in [6.45, 7) is 2.74. The molecular formula is C16H17N3O2. The van der Waals surface area contributed by atoms with Crippen molar-refractivity contribution in [3.8, 4) is 11.3 Å². The molecule has 21 heavy (non-hydrogen) atoms. The van der Waals surface area contributed by atoms with Crippen molar-refractivity contribution >= 4 is 0 Å². The van der Waals surface area contributed by atoms with Gasteiger partial charge in [0.05, 0.1) is 12.6 Å². The third-order valence-electron chi connectivity index (χ3n) is 3.58. The third kappa shape index (κ3) is 3.03. The second-order valence-corrected chi connectivity index (χ2v) is 5.06. The Morgan fingerprint density at radius 1 is 1.14 bits per heavy atom. The van der Waals surface area contributed by atoms with E-state index in [0.717, 1.165) is 22.7 Å². The molecule has 2 heterocycles. The normalized spacial score (nSPS) is 12.7. The van der Waals surface area contributed by atoms with Crippen LogP contribution < -0.4 is 0 Å². The molecule has 0 bridgehead atoms. The van der Waals surface area contributed by atoms with E-state index in [1.807, 2.05) is 49.5 Å². The Kier molecular flexibility index (Phi) is 3.83. The van der Waals surface area contributed by atoms with E-state index in [2.05, 4.69) is 22.1 Å². The van der Waals surface area contributed by atoms with Crippen LogP contribution in [0.5, 0.6) is 0 Å². The zero-order valence-electron chi connectivity index (χ0n) is 12.1. The van der Waals surface area contributed by atoms with Gasteiger partial charge in [-0.25, -0.2) is 0 Å². The quantitative estimate of drug-likeness (QED) is 0.717. The molecule has 3 rings (SSSR count). The van der Waals surface area contributed by atoms with Crippen LogP contribution >= 0.6 is 0 Å². The van der Waals surface area contributed by atoms with Gasteiger partial charge >= 0.3 is 0 Å². The third-order valence-corrected chi connectivity index (χ3v) is 3.58. The fourth-order valence-corrected chi connectivity index (χ4v) is 2.18. The molecule has 0 fully saturated rings. The molecule has 0 aliphatic heterocycles. The number of rotatable bonds is 5. The van der Waals surface area contributed by atoms with E-state index in [0.29, 0.717) is 6.54 Å². The van der Waals surface area contributed by atoms with E-state index in [-0.39, 0.29) is 6.04 Å². The average molecular weight is 283 g/mol. The second-order valence-electron chi connectivity index (χ2n) is 5.06. The van der Waals surface area contributed by atoms with Gasteiger partial charge in [0.15, 0.2) is 5.76 Å². The molecule has 0 radical (unpaired) electrons. The van der Waals surface area contributed by atoms with Gasteiger partial charge in [0.2, 0.25) is 0 Å². The van der Waals surface area contributed by atoms with Crippen molar-refractivity contribution in [3.63, 3.8) is 0 Å². The summed E-state index contributed by atoms with van der Waals surface area (Å²) in [5.41, 5.74) is 2.81. The SMILES string of the molecule is C[C@@H](c1ccon1)N(C)Cc1cc(-c2ccccc2)no1. The lowest BCUT2D eigenvalue weighted by Crippen LogP contribution is -2.21. The first-order chi connectivity index (χ1) is 10.2. The van der Waals surface area contributed by atoms with Gasteiger partial charge in [-0.3, -0.25) is 4.90 Å². The van der Waals surface area contributed by atoms with Crippen LogP contribution in [0.15, 0.2) is 57.8 Å².